The summed E-state index contributed by atoms with van der Waals surface area (Å²) in [5.41, 5.74) is 3.14. The van der Waals surface area contributed by atoms with E-state index in [4.69, 9.17) is 13.9 Å². The Morgan fingerprint density at radius 3 is 2.07 bits per heavy atom. The van der Waals surface area contributed by atoms with E-state index in [-0.39, 0.29) is 22.5 Å². The van der Waals surface area contributed by atoms with Gasteiger partial charge in [-0.1, -0.05) is 72.6 Å². The normalized spacial score (nSPS) is 25.9. The van der Waals surface area contributed by atoms with Gasteiger partial charge in [0, 0.05) is 44.0 Å². The van der Waals surface area contributed by atoms with Crippen LogP contribution in [-0.2, 0) is 25.9 Å². The van der Waals surface area contributed by atoms with E-state index in [2.05, 4.69) is 33.9 Å². The topological polar surface area (TPSA) is 54.6 Å². The quantitative estimate of drug-likeness (QED) is 0.137. The van der Waals surface area contributed by atoms with E-state index in [9.17, 15) is 24.6 Å². The molecule has 1 saturated carbocycles. The van der Waals surface area contributed by atoms with Gasteiger partial charge in [-0.15, -0.1) is 0 Å². The lowest BCUT2D eigenvalue weighted by molar-refractivity contribution is -0.626. The summed E-state index contributed by atoms with van der Waals surface area (Å²) in [6.07, 6.45) is 4.41. The minimum absolute atomic E-state index is 0.00223. The van der Waals surface area contributed by atoms with Gasteiger partial charge in [-0.3, -0.25) is 0 Å². The molecule has 2 aromatic rings. The van der Waals surface area contributed by atoms with Crippen LogP contribution < -0.4 is 4.73 Å². The molecule has 45 heavy (non-hydrogen) atoms. The molecule has 0 bridgehead atoms. The summed E-state index contributed by atoms with van der Waals surface area (Å²) < 4.78 is 89.3. The van der Waals surface area contributed by atoms with Crippen LogP contribution in [0.5, 0.6) is 0 Å². The maximum atomic E-state index is 14.6. The molecule has 0 amide bonds. The molecule has 252 valence electrons. The minimum atomic E-state index is -9.87. The molecule has 2 aliphatic carbocycles. The molecule has 1 aromatic heterocycles. The van der Waals surface area contributed by atoms with Crippen LogP contribution in [0.1, 0.15) is 125 Å². The zero-order chi connectivity index (χ0) is 33.1. The fraction of sp³-hybridized carbons (Fsp3) is 0.667. The summed E-state index contributed by atoms with van der Waals surface area (Å²) >= 11 is 0. The Morgan fingerprint density at radius 1 is 0.978 bits per heavy atom. The van der Waals surface area contributed by atoms with Crippen LogP contribution in [0.15, 0.2) is 29.2 Å². The highest BCUT2D eigenvalue weighted by molar-refractivity contribution is 8.45. The first kappa shape index (κ1) is 33.2. The number of hydrogen-bond acceptors (Lipinski definition) is 4. The number of halogens is 5. The van der Waals surface area contributed by atoms with Gasteiger partial charge in [0.15, 0.2) is 14.0 Å². The second-order valence-corrected chi connectivity index (χ2v) is 22.9. The highest BCUT2D eigenvalue weighted by atomic mass is 32.5. The lowest BCUT2D eigenvalue weighted by atomic mass is 9.58. The molecule has 1 saturated heterocycles. The van der Waals surface area contributed by atoms with Crippen LogP contribution in [0.3, 0.4) is 0 Å². The number of benzene rings is 1. The van der Waals surface area contributed by atoms with Gasteiger partial charge in [0.05, 0.1) is 22.8 Å². The summed E-state index contributed by atoms with van der Waals surface area (Å²) in [4.78, 5) is -1.94. The Morgan fingerprint density at radius 2 is 1.58 bits per heavy atom. The highest BCUT2D eigenvalue weighted by Crippen LogP contribution is 3.02. The van der Waals surface area contributed by atoms with Crippen molar-refractivity contribution >= 4 is 18.5 Å². The molecule has 2 atom stereocenters. The fourth-order valence-electron chi connectivity index (χ4n) is 7.76. The van der Waals surface area contributed by atoms with E-state index in [0.29, 0.717) is 61.4 Å². The van der Waals surface area contributed by atoms with Gasteiger partial charge in [-0.2, -0.15) is 4.73 Å². The molecule has 2 spiro atoms. The average molecular weight is 676 g/mol. The van der Waals surface area contributed by atoms with Crippen LogP contribution in [0.2, 0.25) is 18.1 Å². The standard InChI is InChI=1S/C33H46F5NO4SSi/c1-21(2)29-27-28(26-24(39(29)40)19-32(13-8-14-32)20-25(26)43-45(6,7)31(3,4)5)33(15-17-41-18-16-33)42-30(27)22-9-11-23(12-10-22)44(34,35,36,37)38/h9-12,21,25,30H,8,13-20H2,1-7H3/t25-,30+/m0/s1. The first-order valence-corrected chi connectivity index (χ1v) is 20.9. The molecule has 2 aliphatic heterocycles. The molecule has 0 unspecified atom stereocenters. The number of aromatic nitrogens is 1. The van der Waals surface area contributed by atoms with E-state index < -0.39 is 35.1 Å². The van der Waals surface area contributed by atoms with Gasteiger partial charge in [0.2, 0.25) is 5.69 Å². The summed E-state index contributed by atoms with van der Waals surface area (Å²) in [5, 5.41) is 14.5. The third-order valence-corrected chi connectivity index (χ3v) is 16.9. The van der Waals surface area contributed by atoms with Crippen LogP contribution in [0.25, 0.3) is 0 Å². The number of fused-ring (bicyclic) bond motifs is 4. The van der Waals surface area contributed by atoms with Crippen LogP contribution >= 0.6 is 10.2 Å². The lowest BCUT2D eigenvalue weighted by Crippen LogP contribution is -2.51. The monoisotopic (exact) mass is 675 g/mol. The van der Waals surface area contributed by atoms with E-state index in [0.717, 1.165) is 59.4 Å². The number of nitrogens with zero attached hydrogens (tertiary/aromatic N) is 1. The molecule has 4 aliphatic rings. The minimum Gasteiger partial charge on any atom is -0.618 e. The molecule has 5 nitrogen and oxygen atoms in total. The molecular weight excluding hydrogens is 630 g/mol. The molecule has 0 radical (unpaired) electrons. The van der Waals surface area contributed by atoms with Gasteiger partial charge in [-0.05, 0) is 60.5 Å². The second kappa shape index (κ2) is 9.67. The van der Waals surface area contributed by atoms with E-state index in [1.54, 1.807) is 0 Å². The van der Waals surface area contributed by atoms with Crippen molar-refractivity contribution in [2.24, 2.45) is 5.41 Å². The summed E-state index contributed by atoms with van der Waals surface area (Å²) in [6.45, 7) is 15.7. The highest BCUT2D eigenvalue weighted by Gasteiger charge is 2.65. The Balaban J connectivity index is 1.61. The van der Waals surface area contributed by atoms with Gasteiger partial charge >= 0.3 is 10.2 Å². The lowest BCUT2D eigenvalue weighted by Gasteiger charge is -2.50. The Bertz CT molecular complexity index is 1510. The van der Waals surface area contributed by atoms with Crippen LogP contribution in [0.4, 0.5) is 19.4 Å². The van der Waals surface area contributed by atoms with Gasteiger partial charge in [0.25, 0.3) is 0 Å². The molecule has 12 heteroatoms. The molecule has 6 rings (SSSR count). The largest absolute Gasteiger partial charge is 0.618 e. The zero-order valence-corrected chi connectivity index (χ0v) is 29.1. The van der Waals surface area contributed by atoms with E-state index in [1.165, 1.54) is 0 Å². The number of rotatable bonds is 5. The molecule has 1 aromatic carbocycles. The maximum absolute atomic E-state index is 14.6. The van der Waals surface area contributed by atoms with Crippen molar-refractivity contribution in [3.8, 4) is 0 Å². The van der Waals surface area contributed by atoms with Gasteiger partial charge in [-0.25, -0.2) is 0 Å². The molecule has 0 N–H and O–H groups in total. The van der Waals surface area contributed by atoms with Crippen molar-refractivity contribution < 1.29 is 38.1 Å². The maximum Gasteiger partial charge on any atom is 0.310 e. The Labute approximate surface area is 264 Å². The smallest absolute Gasteiger partial charge is 0.310 e. The summed E-state index contributed by atoms with van der Waals surface area (Å²) in [7, 11) is -12.2. The van der Waals surface area contributed by atoms with Crippen LogP contribution in [-0.4, -0.2) is 21.5 Å². The third kappa shape index (κ3) is 5.54. The molecular formula is C33H46F5NO4SSi. The molecule has 3 heterocycles. The zero-order valence-electron chi connectivity index (χ0n) is 27.3. The van der Waals surface area contributed by atoms with Crippen molar-refractivity contribution in [2.45, 2.75) is 126 Å². The van der Waals surface area contributed by atoms with E-state index in [1.807, 2.05) is 13.8 Å². The van der Waals surface area contributed by atoms with Crippen molar-refractivity contribution in [3.05, 3.63) is 63.1 Å². The van der Waals surface area contributed by atoms with Gasteiger partial charge in [0.1, 0.15) is 11.0 Å². The Hall–Kier alpha value is -1.73. The van der Waals surface area contributed by atoms with Crippen molar-refractivity contribution in [3.63, 3.8) is 0 Å². The van der Waals surface area contributed by atoms with Crippen molar-refractivity contribution in [1.82, 2.24) is 0 Å². The van der Waals surface area contributed by atoms with Crippen molar-refractivity contribution in [2.75, 3.05) is 13.2 Å². The Kier molecular flexibility index (Phi) is 7.13. The third-order valence-electron chi connectivity index (χ3n) is 11.3. The molecule has 2 fully saturated rings. The van der Waals surface area contributed by atoms with Gasteiger partial charge < -0.3 is 19.1 Å². The van der Waals surface area contributed by atoms with E-state index >= 15 is 0 Å². The summed E-state index contributed by atoms with van der Waals surface area (Å²) in [6, 6.07) is 3.03. The summed E-state index contributed by atoms with van der Waals surface area (Å²) in [5.74, 6) is -0.231. The second-order valence-electron chi connectivity index (χ2n) is 15.7. The number of hydrogen-bond donors (Lipinski definition) is 0. The predicted molar refractivity (Wildman–Crippen MR) is 168 cm³/mol. The van der Waals surface area contributed by atoms with Crippen molar-refractivity contribution in [1.29, 1.82) is 0 Å². The number of ether oxygens (including phenoxy) is 2. The van der Waals surface area contributed by atoms with Crippen LogP contribution in [0, 0.1) is 10.6 Å². The first-order chi connectivity index (χ1) is 20.5. The average Bonchev–Trinajstić information content (AvgIpc) is 3.19. The SMILES string of the molecule is CC(C)c1c2c(c3c([n+]1[O-])CC1(CCC1)C[C@@H]3O[Si](C)(C)C(C)(C)C)C1(CCOCC1)O[C@@H]2c1ccc(S(F)(F)(F)(F)F)cc1. The first-order valence-electron chi connectivity index (χ1n) is 16.1. The predicted octanol–water partition coefficient (Wildman–Crippen LogP) is 10.4. The number of pyridine rings is 1. The fourth-order valence-corrected chi connectivity index (χ4v) is 9.67.